The van der Waals surface area contributed by atoms with E-state index in [-0.39, 0.29) is 5.41 Å². The molecule has 0 saturated heterocycles. The highest BCUT2D eigenvalue weighted by atomic mass is 16.4. The second kappa shape index (κ2) is 1.59. The van der Waals surface area contributed by atoms with E-state index in [1.807, 2.05) is 0 Å². The Kier molecular flexibility index (Phi) is 0.938. The Morgan fingerprint density at radius 2 is 2.60 bits per heavy atom. The number of aliphatic imine (C=N–C) groups is 1. The monoisotopic (exact) mass is 139 g/mol. The number of aliphatic carboxylic acids is 1. The minimum Gasteiger partial charge on any atom is -0.481 e. The number of carboxylic acids is 1. The zero-order chi connectivity index (χ0) is 7.19. The maximum Gasteiger partial charge on any atom is 0.310 e. The lowest BCUT2D eigenvalue weighted by molar-refractivity contribution is -0.143. The summed E-state index contributed by atoms with van der Waals surface area (Å²) in [5, 5.41) is 8.78. The summed E-state index contributed by atoms with van der Waals surface area (Å²) >= 11 is 0. The lowest BCUT2D eigenvalue weighted by atomic mass is 9.98. The van der Waals surface area contributed by atoms with Gasteiger partial charge in [-0.3, -0.25) is 9.79 Å². The standard InChI is InChI=1S/C7H9NO2/c9-6(10)7-1-2-8-4-5(7)3-7/h2,5H,1,3-4H2,(H,9,10). The first-order chi connectivity index (χ1) is 4.76. The maximum absolute atomic E-state index is 10.7. The van der Waals surface area contributed by atoms with Crippen LogP contribution >= 0.6 is 0 Å². The summed E-state index contributed by atoms with van der Waals surface area (Å²) in [6.07, 6.45) is 3.23. The number of carbonyl (C=O) groups is 1. The average Bonchev–Trinajstić information content (AvgIpc) is 2.61. The molecule has 2 aliphatic rings. The molecule has 0 radical (unpaired) electrons. The third-order valence-electron chi connectivity index (χ3n) is 2.57. The van der Waals surface area contributed by atoms with Crippen molar-refractivity contribution in [3.63, 3.8) is 0 Å². The topological polar surface area (TPSA) is 49.7 Å². The van der Waals surface area contributed by atoms with Crippen LogP contribution in [-0.4, -0.2) is 23.8 Å². The van der Waals surface area contributed by atoms with Gasteiger partial charge in [0.25, 0.3) is 0 Å². The van der Waals surface area contributed by atoms with E-state index >= 15 is 0 Å². The number of hydrogen-bond acceptors (Lipinski definition) is 2. The minimum absolute atomic E-state index is 0.343. The molecule has 1 N–H and O–H groups in total. The molecule has 0 aromatic heterocycles. The van der Waals surface area contributed by atoms with Gasteiger partial charge in [-0.2, -0.15) is 0 Å². The van der Waals surface area contributed by atoms with Crippen LogP contribution in [0, 0.1) is 11.3 Å². The van der Waals surface area contributed by atoms with Crippen LogP contribution in [-0.2, 0) is 4.79 Å². The van der Waals surface area contributed by atoms with Crippen molar-refractivity contribution in [1.82, 2.24) is 0 Å². The van der Waals surface area contributed by atoms with Crippen molar-refractivity contribution in [2.24, 2.45) is 16.3 Å². The molecule has 0 amide bonds. The quantitative estimate of drug-likeness (QED) is 0.576. The van der Waals surface area contributed by atoms with Crippen molar-refractivity contribution in [2.75, 3.05) is 6.54 Å². The van der Waals surface area contributed by atoms with E-state index in [4.69, 9.17) is 5.11 Å². The zero-order valence-corrected chi connectivity index (χ0v) is 5.58. The second-order valence-electron chi connectivity index (χ2n) is 3.11. The molecular formula is C7H9NO2. The Morgan fingerprint density at radius 3 is 3.10 bits per heavy atom. The fourth-order valence-electron chi connectivity index (χ4n) is 1.65. The molecule has 0 spiro atoms. The van der Waals surface area contributed by atoms with Crippen molar-refractivity contribution in [1.29, 1.82) is 0 Å². The molecule has 54 valence electrons. The normalized spacial score (nSPS) is 42.6. The van der Waals surface area contributed by atoms with Gasteiger partial charge < -0.3 is 5.11 Å². The van der Waals surface area contributed by atoms with Gasteiger partial charge in [0.1, 0.15) is 0 Å². The first-order valence-corrected chi connectivity index (χ1v) is 3.47. The first kappa shape index (κ1) is 5.89. The Bertz CT molecular complexity index is 212. The van der Waals surface area contributed by atoms with Crippen LogP contribution in [0.15, 0.2) is 4.99 Å². The summed E-state index contributed by atoms with van der Waals surface area (Å²) in [5.41, 5.74) is -0.387. The molecule has 0 aromatic carbocycles. The molecule has 2 rings (SSSR count). The van der Waals surface area contributed by atoms with Crippen LogP contribution in [0.4, 0.5) is 0 Å². The van der Waals surface area contributed by atoms with Gasteiger partial charge in [0.2, 0.25) is 0 Å². The molecule has 10 heavy (non-hydrogen) atoms. The largest absolute Gasteiger partial charge is 0.481 e. The lowest BCUT2D eigenvalue weighted by Gasteiger charge is -2.10. The first-order valence-electron chi connectivity index (χ1n) is 3.47. The van der Waals surface area contributed by atoms with Crippen LogP contribution in [0.2, 0.25) is 0 Å². The highest BCUT2D eigenvalue weighted by molar-refractivity contribution is 5.83. The van der Waals surface area contributed by atoms with E-state index in [1.165, 1.54) is 0 Å². The van der Waals surface area contributed by atoms with Crippen molar-refractivity contribution in [2.45, 2.75) is 12.8 Å². The van der Waals surface area contributed by atoms with E-state index < -0.39 is 5.97 Å². The Morgan fingerprint density at radius 1 is 1.80 bits per heavy atom. The van der Waals surface area contributed by atoms with Crippen molar-refractivity contribution in [3.05, 3.63) is 0 Å². The van der Waals surface area contributed by atoms with E-state index in [9.17, 15) is 4.79 Å². The van der Waals surface area contributed by atoms with Gasteiger partial charge in [0, 0.05) is 6.54 Å². The summed E-state index contributed by atoms with van der Waals surface area (Å²) < 4.78 is 0. The van der Waals surface area contributed by atoms with Crippen LogP contribution < -0.4 is 0 Å². The summed E-state index contributed by atoms with van der Waals surface area (Å²) in [4.78, 5) is 14.7. The summed E-state index contributed by atoms with van der Waals surface area (Å²) in [6.45, 7) is 0.728. The van der Waals surface area contributed by atoms with Gasteiger partial charge in [-0.25, -0.2) is 0 Å². The van der Waals surface area contributed by atoms with Gasteiger partial charge in [0.05, 0.1) is 5.41 Å². The third kappa shape index (κ3) is 0.549. The Balaban J connectivity index is 2.21. The van der Waals surface area contributed by atoms with Crippen LogP contribution in [0.5, 0.6) is 0 Å². The average molecular weight is 139 g/mol. The van der Waals surface area contributed by atoms with Crippen LogP contribution in [0.3, 0.4) is 0 Å². The van der Waals surface area contributed by atoms with Crippen LogP contribution in [0.1, 0.15) is 12.8 Å². The van der Waals surface area contributed by atoms with Crippen LogP contribution in [0.25, 0.3) is 0 Å². The summed E-state index contributed by atoms with van der Waals surface area (Å²) in [5.74, 6) is -0.293. The van der Waals surface area contributed by atoms with Gasteiger partial charge >= 0.3 is 5.97 Å². The summed E-state index contributed by atoms with van der Waals surface area (Å²) in [6, 6.07) is 0. The molecule has 1 heterocycles. The highest BCUT2D eigenvalue weighted by Crippen LogP contribution is 2.56. The van der Waals surface area contributed by atoms with Crippen molar-refractivity contribution >= 4 is 12.2 Å². The summed E-state index contributed by atoms with van der Waals surface area (Å²) in [7, 11) is 0. The van der Waals surface area contributed by atoms with E-state index in [1.54, 1.807) is 6.21 Å². The van der Waals surface area contributed by atoms with Crippen molar-refractivity contribution < 1.29 is 9.90 Å². The molecule has 0 bridgehead atoms. The molecule has 1 aliphatic heterocycles. The second-order valence-corrected chi connectivity index (χ2v) is 3.11. The molecule has 3 heteroatoms. The smallest absolute Gasteiger partial charge is 0.310 e. The molecular weight excluding hydrogens is 130 g/mol. The molecule has 1 saturated carbocycles. The predicted molar refractivity (Wildman–Crippen MR) is 36.2 cm³/mol. The fraction of sp³-hybridized carbons (Fsp3) is 0.714. The van der Waals surface area contributed by atoms with Gasteiger partial charge in [-0.1, -0.05) is 0 Å². The maximum atomic E-state index is 10.7. The third-order valence-corrected chi connectivity index (χ3v) is 2.57. The van der Waals surface area contributed by atoms with Gasteiger partial charge in [0.15, 0.2) is 0 Å². The van der Waals surface area contributed by atoms with E-state index in [0.717, 1.165) is 13.0 Å². The van der Waals surface area contributed by atoms with Gasteiger partial charge in [-0.05, 0) is 25.0 Å². The Hall–Kier alpha value is -0.860. The van der Waals surface area contributed by atoms with E-state index in [0.29, 0.717) is 12.3 Å². The number of hydrogen-bond donors (Lipinski definition) is 1. The number of nitrogens with zero attached hydrogens (tertiary/aromatic N) is 1. The highest BCUT2D eigenvalue weighted by Gasteiger charge is 2.60. The van der Waals surface area contributed by atoms with E-state index in [2.05, 4.69) is 4.99 Å². The molecule has 0 aromatic rings. The lowest BCUT2D eigenvalue weighted by Crippen LogP contribution is -2.21. The zero-order valence-electron chi connectivity index (χ0n) is 5.58. The molecule has 2 atom stereocenters. The molecule has 1 fully saturated rings. The van der Waals surface area contributed by atoms with Crippen molar-refractivity contribution in [3.8, 4) is 0 Å². The minimum atomic E-state index is -0.636. The predicted octanol–water partition coefficient (Wildman–Crippen LogP) is 0.552. The number of fused-ring (bicyclic) bond motifs is 1. The molecule has 2 unspecified atom stereocenters. The molecule has 1 aliphatic carbocycles. The number of carboxylic acid groups (broad SMARTS) is 1. The van der Waals surface area contributed by atoms with Gasteiger partial charge in [-0.15, -0.1) is 0 Å². The Labute approximate surface area is 58.8 Å². The fourth-order valence-corrected chi connectivity index (χ4v) is 1.65. The molecule has 3 nitrogen and oxygen atoms in total. The number of rotatable bonds is 1. The SMILES string of the molecule is O=C(O)C12CC=NCC1C2.